The van der Waals surface area contributed by atoms with Crippen molar-refractivity contribution in [2.75, 3.05) is 0 Å². The van der Waals surface area contributed by atoms with Crippen molar-refractivity contribution >= 4 is 11.6 Å². The molecule has 0 saturated heterocycles. The van der Waals surface area contributed by atoms with E-state index in [0.29, 0.717) is 11.5 Å². The average Bonchev–Trinajstić information content (AvgIpc) is 2.97. The van der Waals surface area contributed by atoms with Crippen molar-refractivity contribution < 1.29 is 9.90 Å². The van der Waals surface area contributed by atoms with Crippen molar-refractivity contribution in [2.24, 2.45) is 0 Å². The number of nitrogens with zero attached hydrogens (tertiary/aromatic N) is 2. The Balaban J connectivity index is 2.15. The van der Waals surface area contributed by atoms with Crippen LogP contribution < -0.4 is 0 Å². The van der Waals surface area contributed by atoms with Crippen LogP contribution in [0.25, 0.3) is 16.9 Å². The van der Waals surface area contributed by atoms with Gasteiger partial charge in [0.1, 0.15) is 5.65 Å². The molecule has 4 heteroatoms. The number of benzene rings is 1. The van der Waals surface area contributed by atoms with Crippen LogP contribution in [0.5, 0.6) is 0 Å². The monoisotopic (exact) mass is 308 g/mol. The van der Waals surface area contributed by atoms with Crippen molar-refractivity contribution in [1.82, 2.24) is 9.38 Å². The van der Waals surface area contributed by atoms with Gasteiger partial charge >= 0.3 is 5.97 Å². The van der Waals surface area contributed by atoms with Gasteiger partial charge in [0.05, 0.1) is 17.5 Å². The fourth-order valence-electron chi connectivity index (χ4n) is 2.91. The molecule has 1 N–H and O–H groups in total. The fraction of sp³-hybridized carbons (Fsp3) is 0.263. The number of carboxylic acid groups (broad SMARTS) is 1. The molecule has 118 valence electrons. The first-order chi connectivity index (χ1) is 11.0. The molecule has 1 atom stereocenters. The van der Waals surface area contributed by atoms with Crippen LogP contribution in [0.3, 0.4) is 0 Å². The maximum Gasteiger partial charge on any atom is 0.335 e. The summed E-state index contributed by atoms with van der Waals surface area (Å²) in [4.78, 5) is 15.8. The lowest BCUT2D eigenvalue weighted by Crippen LogP contribution is -2.00. The van der Waals surface area contributed by atoms with Crippen LogP contribution in [0.1, 0.15) is 47.7 Å². The number of hydrogen-bond donors (Lipinski definition) is 1. The highest BCUT2D eigenvalue weighted by molar-refractivity contribution is 5.90. The van der Waals surface area contributed by atoms with E-state index in [1.807, 2.05) is 37.5 Å². The van der Waals surface area contributed by atoms with E-state index in [2.05, 4.69) is 29.3 Å². The van der Waals surface area contributed by atoms with E-state index in [0.717, 1.165) is 28.9 Å². The lowest BCUT2D eigenvalue weighted by Gasteiger charge is -2.11. The zero-order chi connectivity index (χ0) is 16.6. The summed E-state index contributed by atoms with van der Waals surface area (Å²) in [5.74, 6) is -0.448. The summed E-state index contributed by atoms with van der Waals surface area (Å²) in [7, 11) is 0. The van der Waals surface area contributed by atoms with E-state index in [4.69, 9.17) is 5.11 Å². The van der Waals surface area contributed by atoms with Crippen LogP contribution in [0.2, 0.25) is 0 Å². The van der Waals surface area contributed by atoms with Crippen molar-refractivity contribution in [3.05, 3.63) is 59.4 Å². The lowest BCUT2D eigenvalue weighted by molar-refractivity contribution is 0.0696. The maximum absolute atomic E-state index is 11.2. The van der Waals surface area contributed by atoms with E-state index in [-0.39, 0.29) is 0 Å². The van der Waals surface area contributed by atoms with Crippen molar-refractivity contribution in [1.29, 1.82) is 0 Å². The molecule has 0 aliphatic carbocycles. The van der Waals surface area contributed by atoms with Crippen molar-refractivity contribution in [3.63, 3.8) is 0 Å². The van der Waals surface area contributed by atoms with Gasteiger partial charge in [0, 0.05) is 11.8 Å². The quantitative estimate of drug-likeness (QED) is 0.771. The van der Waals surface area contributed by atoms with Gasteiger partial charge in [0.2, 0.25) is 0 Å². The van der Waals surface area contributed by atoms with E-state index >= 15 is 0 Å². The van der Waals surface area contributed by atoms with Gasteiger partial charge in [-0.15, -0.1) is 0 Å². The zero-order valence-electron chi connectivity index (χ0n) is 13.6. The molecule has 23 heavy (non-hydrogen) atoms. The van der Waals surface area contributed by atoms with E-state index < -0.39 is 5.97 Å². The van der Waals surface area contributed by atoms with E-state index in [1.165, 1.54) is 5.56 Å². The Morgan fingerprint density at radius 2 is 2.13 bits per heavy atom. The molecule has 0 spiro atoms. The summed E-state index contributed by atoms with van der Waals surface area (Å²) in [6.45, 7) is 6.20. The minimum atomic E-state index is -0.897. The van der Waals surface area contributed by atoms with Crippen LogP contribution in [0.15, 0.2) is 42.7 Å². The second kappa shape index (κ2) is 5.88. The van der Waals surface area contributed by atoms with Crippen LogP contribution in [0, 0.1) is 6.92 Å². The smallest absolute Gasteiger partial charge is 0.335 e. The molecule has 2 heterocycles. The Morgan fingerprint density at radius 3 is 2.78 bits per heavy atom. The molecule has 3 aromatic rings. The Hall–Kier alpha value is -2.62. The molecule has 0 radical (unpaired) electrons. The highest BCUT2D eigenvalue weighted by atomic mass is 16.4. The molecule has 0 aliphatic rings. The zero-order valence-corrected chi connectivity index (χ0v) is 13.6. The molecule has 1 aromatic carbocycles. The van der Waals surface area contributed by atoms with Gasteiger partial charge in [0.25, 0.3) is 0 Å². The molecule has 0 fully saturated rings. The largest absolute Gasteiger partial charge is 0.478 e. The van der Waals surface area contributed by atoms with Gasteiger partial charge in [0.15, 0.2) is 0 Å². The summed E-state index contributed by atoms with van der Waals surface area (Å²) in [6.07, 6.45) is 4.93. The van der Waals surface area contributed by atoms with Gasteiger partial charge < -0.3 is 5.11 Å². The number of aryl methyl sites for hydroxylation is 1. The van der Waals surface area contributed by atoms with Gasteiger partial charge in [-0.25, -0.2) is 9.78 Å². The fourth-order valence-corrected chi connectivity index (χ4v) is 2.91. The summed E-state index contributed by atoms with van der Waals surface area (Å²) < 4.78 is 2.08. The highest BCUT2D eigenvalue weighted by Gasteiger charge is 2.14. The second-order valence-corrected chi connectivity index (χ2v) is 5.94. The number of aromatic nitrogens is 2. The predicted molar refractivity (Wildman–Crippen MR) is 91.0 cm³/mol. The SMILES string of the molecule is CCC(C)c1cccn2c(-c3ccc(C(=O)O)c(C)c3)cnc12. The number of rotatable bonds is 4. The summed E-state index contributed by atoms with van der Waals surface area (Å²) in [5, 5.41) is 9.17. The minimum Gasteiger partial charge on any atom is -0.478 e. The Kier molecular flexibility index (Phi) is 3.90. The average molecular weight is 308 g/mol. The number of carbonyl (C=O) groups is 1. The molecule has 0 amide bonds. The number of aromatic carboxylic acids is 1. The standard InChI is InChI=1S/C19H20N2O2/c1-4-12(2)15-6-5-9-21-17(11-20-18(15)21)14-7-8-16(19(22)23)13(3)10-14/h5-12H,4H2,1-3H3,(H,22,23). The topological polar surface area (TPSA) is 54.6 Å². The molecule has 0 saturated carbocycles. The Labute approximate surface area is 135 Å². The molecule has 3 rings (SSSR count). The summed E-state index contributed by atoms with van der Waals surface area (Å²) in [5.41, 5.74) is 5.24. The van der Waals surface area contributed by atoms with Crippen molar-refractivity contribution in [2.45, 2.75) is 33.1 Å². The molecular formula is C19H20N2O2. The number of carboxylic acids is 1. The third kappa shape index (κ3) is 2.61. The van der Waals surface area contributed by atoms with Gasteiger partial charge in [-0.1, -0.05) is 26.0 Å². The van der Waals surface area contributed by atoms with Crippen LogP contribution in [-0.4, -0.2) is 20.5 Å². The highest BCUT2D eigenvalue weighted by Crippen LogP contribution is 2.28. The Morgan fingerprint density at radius 1 is 1.35 bits per heavy atom. The molecule has 0 bridgehead atoms. The van der Waals surface area contributed by atoms with Gasteiger partial charge in [-0.3, -0.25) is 4.40 Å². The third-order valence-electron chi connectivity index (χ3n) is 4.46. The minimum absolute atomic E-state index is 0.336. The third-order valence-corrected chi connectivity index (χ3v) is 4.46. The number of hydrogen-bond acceptors (Lipinski definition) is 2. The number of pyridine rings is 1. The van der Waals surface area contributed by atoms with Gasteiger partial charge in [-0.05, 0) is 48.6 Å². The first kappa shape index (κ1) is 15.3. The van der Waals surface area contributed by atoms with E-state index in [9.17, 15) is 4.79 Å². The second-order valence-electron chi connectivity index (χ2n) is 5.94. The number of imidazole rings is 1. The molecule has 4 nitrogen and oxygen atoms in total. The lowest BCUT2D eigenvalue weighted by atomic mass is 10.00. The van der Waals surface area contributed by atoms with Crippen LogP contribution in [0.4, 0.5) is 0 Å². The predicted octanol–water partition coefficient (Wildman–Crippen LogP) is 4.52. The summed E-state index contributed by atoms with van der Waals surface area (Å²) in [6, 6.07) is 9.57. The van der Waals surface area contributed by atoms with Crippen LogP contribution in [-0.2, 0) is 0 Å². The maximum atomic E-state index is 11.2. The first-order valence-corrected chi connectivity index (χ1v) is 7.83. The van der Waals surface area contributed by atoms with Crippen molar-refractivity contribution in [3.8, 4) is 11.3 Å². The first-order valence-electron chi connectivity index (χ1n) is 7.83. The molecular weight excluding hydrogens is 288 g/mol. The van der Waals surface area contributed by atoms with Gasteiger partial charge in [-0.2, -0.15) is 0 Å². The van der Waals surface area contributed by atoms with Crippen LogP contribution >= 0.6 is 0 Å². The van der Waals surface area contributed by atoms with E-state index in [1.54, 1.807) is 6.07 Å². The summed E-state index contributed by atoms with van der Waals surface area (Å²) >= 11 is 0. The Bertz CT molecular complexity index is 880. The molecule has 1 unspecified atom stereocenters. The normalized spacial score (nSPS) is 12.5. The molecule has 0 aliphatic heterocycles. The molecule has 2 aromatic heterocycles. The number of fused-ring (bicyclic) bond motifs is 1.